The van der Waals surface area contributed by atoms with E-state index in [0.29, 0.717) is 29.2 Å². The summed E-state index contributed by atoms with van der Waals surface area (Å²) in [5, 5.41) is 2.88. The van der Waals surface area contributed by atoms with Crippen molar-refractivity contribution in [2.45, 2.75) is 18.8 Å². The van der Waals surface area contributed by atoms with Gasteiger partial charge in [0.1, 0.15) is 12.4 Å². The highest BCUT2D eigenvalue weighted by Crippen LogP contribution is 2.40. The number of alkyl halides is 3. The van der Waals surface area contributed by atoms with Crippen LogP contribution >= 0.6 is 0 Å². The van der Waals surface area contributed by atoms with Gasteiger partial charge in [0.05, 0.1) is 29.4 Å². The minimum absolute atomic E-state index is 0.0442. The van der Waals surface area contributed by atoms with Gasteiger partial charge in [-0.05, 0) is 41.5 Å². The van der Waals surface area contributed by atoms with Gasteiger partial charge in [0.15, 0.2) is 0 Å². The van der Waals surface area contributed by atoms with Gasteiger partial charge in [0.25, 0.3) is 5.91 Å². The molecule has 194 valence electrons. The number of nitrogens with zero attached hydrogens (tertiary/aromatic N) is 2. The first kappa shape index (κ1) is 25.1. The molecule has 3 aromatic carbocycles. The third-order valence-electron chi connectivity index (χ3n) is 6.46. The molecule has 6 nitrogen and oxygen atoms in total. The van der Waals surface area contributed by atoms with Crippen molar-refractivity contribution in [1.29, 1.82) is 0 Å². The summed E-state index contributed by atoms with van der Waals surface area (Å²) >= 11 is 0. The predicted octanol–water partition coefficient (Wildman–Crippen LogP) is 5.84. The van der Waals surface area contributed by atoms with E-state index in [-0.39, 0.29) is 18.8 Å². The van der Waals surface area contributed by atoms with Gasteiger partial charge >= 0.3 is 12.2 Å². The molecular formula is C29H24F3N3O3. The van der Waals surface area contributed by atoms with E-state index >= 15 is 0 Å². The Balaban J connectivity index is 1.48. The number of amides is 3. The fourth-order valence-corrected chi connectivity index (χ4v) is 4.65. The normalized spacial score (nSPS) is 17.4. The third-order valence-corrected chi connectivity index (χ3v) is 6.46. The average Bonchev–Trinajstić information content (AvgIpc) is 3.26. The lowest BCUT2D eigenvalue weighted by Gasteiger charge is -2.33. The Hall–Kier alpha value is -4.53. The zero-order valence-corrected chi connectivity index (χ0v) is 20.2. The molecule has 0 fully saturated rings. The van der Waals surface area contributed by atoms with Crippen LogP contribution in [-0.4, -0.2) is 29.9 Å². The van der Waals surface area contributed by atoms with E-state index in [9.17, 15) is 22.8 Å². The van der Waals surface area contributed by atoms with Crippen LogP contribution < -0.4 is 15.0 Å². The predicted molar refractivity (Wildman–Crippen MR) is 136 cm³/mol. The molecule has 38 heavy (non-hydrogen) atoms. The summed E-state index contributed by atoms with van der Waals surface area (Å²) in [5.41, 5.74) is 1.57. The first-order valence-corrected chi connectivity index (χ1v) is 11.9. The molecule has 0 saturated heterocycles. The molecule has 0 aliphatic carbocycles. The lowest BCUT2D eigenvalue weighted by atomic mass is 9.95. The zero-order valence-electron chi connectivity index (χ0n) is 20.2. The molecule has 5 rings (SSSR count). The second-order valence-corrected chi connectivity index (χ2v) is 8.93. The standard InChI is InChI=1S/C29H24F3N3O3/c1-2-14-34-24-17-35(22-12-7-11-21(16-22)29(30,31)32)27(36)25(24)26(33-28(34)37)20-10-6-13-23(15-20)38-18-19-8-4-3-5-9-19/h2-13,15-16,26H,1,14,17-18H2,(H,33,37). The SMILES string of the molecule is C=CCN1C(=O)NC(c2cccc(OCc3ccccc3)c2)C2=C1CN(c1cccc(C(F)(F)F)c1)C2=O. The Morgan fingerprint density at radius 2 is 1.76 bits per heavy atom. The maximum absolute atomic E-state index is 13.7. The number of benzene rings is 3. The summed E-state index contributed by atoms with van der Waals surface area (Å²) in [7, 11) is 0. The number of carbonyl (C=O) groups is 2. The first-order chi connectivity index (χ1) is 18.3. The quantitative estimate of drug-likeness (QED) is 0.399. The van der Waals surface area contributed by atoms with Crippen molar-refractivity contribution >= 4 is 17.6 Å². The number of anilines is 1. The van der Waals surface area contributed by atoms with E-state index in [1.165, 1.54) is 28.0 Å². The van der Waals surface area contributed by atoms with E-state index in [0.717, 1.165) is 17.7 Å². The van der Waals surface area contributed by atoms with Crippen LogP contribution in [0.25, 0.3) is 0 Å². The Kier molecular flexibility index (Phi) is 6.67. The molecule has 3 amide bonds. The molecule has 2 aliphatic rings. The molecule has 2 aliphatic heterocycles. The van der Waals surface area contributed by atoms with E-state index in [2.05, 4.69) is 11.9 Å². The van der Waals surface area contributed by atoms with Crippen molar-refractivity contribution in [3.05, 3.63) is 119 Å². The Bertz CT molecular complexity index is 1420. The minimum atomic E-state index is -4.55. The number of halogens is 3. The summed E-state index contributed by atoms with van der Waals surface area (Å²) in [5.74, 6) is 0.0745. The van der Waals surface area contributed by atoms with Gasteiger partial charge in [-0.25, -0.2) is 4.79 Å². The van der Waals surface area contributed by atoms with Crippen molar-refractivity contribution in [2.24, 2.45) is 0 Å². The van der Waals surface area contributed by atoms with E-state index in [4.69, 9.17) is 4.74 Å². The van der Waals surface area contributed by atoms with Gasteiger partial charge < -0.3 is 15.0 Å². The maximum atomic E-state index is 13.7. The molecule has 0 aromatic heterocycles. The van der Waals surface area contributed by atoms with Crippen molar-refractivity contribution in [3.63, 3.8) is 0 Å². The Morgan fingerprint density at radius 1 is 1.00 bits per heavy atom. The van der Waals surface area contributed by atoms with E-state index in [1.54, 1.807) is 24.3 Å². The summed E-state index contributed by atoms with van der Waals surface area (Å²) in [6, 6.07) is 20.1. The van der Waals surface area contributed by atoms with Crippen LogP contribution in [0.2, 0.25) is 0 Å². The highest BCUT2D eigenvalue weighted by Gasteiger charge is 2.44. The molecule has 2 heterocycles. The topological polar surface area (TPSA) is 61.9 Å². The van der Waals surface area contributed by atoms with E-state index < -0.39 is 29.7 Å². The fourth-order valence-electron chi connectivity index (χ4n) is 4.65. The lowest BCUT2D eigenvalue weighted by Crippen LogP contribution is -2.47. The van der Waals surface area contributed by atoms with Crippen LogP contribution in [0.3, 0.4) is 0 Å². The number of carbonyl (C=O) groups excluding carboxylic acids is 2. The van der Waals surface area contributed by atoms with Gasteiger partial charge in [-0.1, -0.05) is 54.6 Å². The molecule has 9 heteroatoms. The first-order valence-electron chi connectivity index (χ1n) is 11.9. The Labute approximate surface area is 217 Å². The zero-order chi connectivity index (χ0) is 26.9. The maximum Gasteiger partial charge on any atom is 0.416 e. The van der Waals surface area contributed by atoms with Gasteiger partial charge in [0.2, 0.25) is 0 Å². The van der Waals surface area contributed by atoms with Crippen molar-refractivity contribution in [3.8, 4) is 5.75 Å². The fraction of sp³-hybridized carbons (Fsp3) is 0.172. The lowest BCUT2D eigenvalue weighted by molar-refractivity contribution is -0.137. The second-order valence-electron chi connectivity index (χ2n) is 8.93. The van der Waals surface area contributed by atoms with Gasteiger partial charge in [0, 0.05) is 12.2 Å². The van der Waals surface area contributed by atoms with Gasteiger partial charge in [-0.2, -0.15) is 13.2 Å². The summed E-state index contributed by atoms with van der Waals surface area (Å²) in [6.45, 7) is 4.12. The van der Waals surface area contributed by atoms with Crippen molar-refractivity contribution in [2.75, 3.05) is 18.0 Å². The molecule has 3 aromatic rings. The van der Waals surface area contributed by atoms with Crippen molar-refractivity contribution < 1.29 is 27.5 Å². The number of nitrogens with one attached hydrogen (secondary N) is 1. The number of hydrogen-bond acceptors (Lipinski definition) is 3. The highest BCUT2D eigenvalue weighted by molar-refractivity contribution is 6.11. The van der Waals surface area contributed by atoms with Gasteiger partial charge in [-0.3, -0.25) is 9.69 Å². The number of urea groups is 1. The van der Waals surface area contributed by atoms with Crippen LogP contribution in [0.4, 0.5) is 23.7 Å². The molecule has 1 unspecified atom stereocenters. The second kappa shape index (κ2) is 10.1. The number of rotatable bonds is 7. The minimum Gasteiger partial charge on any atom is -0.489 e. The molecule has 1 atom stereocenters. The van der Waals surface area contributed by atoms with E-state index in [1.807, 2.05) is 30.3 Å². The smallest absolute Gasteiger partial charge is 0.416 e. The van der Waals surface area contributed by atoms with Crippen molar-refractivity contribution in [1.82, 2.24) is 10.2 Å². The summed E-state index contributed by atoms with van der Waals surface area (Å²) < 4.78 is 46.0. The molecule has 0 saturated carbocycles. The van der Waals surface area contributed by atoms with Crippen LogP contribution in [0.5, 0.6) is 5.75 Å². The average molecular weight is 520 g/mol. The highest BCUT2D eigenvalue weighted by atomic mass is 19.4. The largest absolute Gasteiger partial charge is 0.489 e. The summed E-state index contributed by atoms with van der Waals surface area (Å²) in [4.78, 5) is 29.4. The summed E-state index contributed by atoms with van der Waals surface area (Å²) in [6.07, 6.45) is -3.03. The van der Waals surface area contributed by atoms with Crippen LogP contribution in [0, 0.1) is 0 Å². The third kappa shape index (κ3) is 4.87. The number of hydrogen-bond donors (Lipinski definition) is 1. The Morgan fingerprint density at radius 3 is 2.50 bits per heavy atom. The molecule has 0 spiro atoms. The molecule has 1 N–H and O–H groups in total. The monoisotopic (exact) mass is 519 g/mol. The van der Waals surface area contributed by atoms with Crippen LogP contribution in [-0.2, 0) is 17.6 Å². The number of ether oxygens (including phenoxy) is 1. The molecular weight excluding hydrogens is 495 g/mol. The van der Waals surface area contributed by atoms with Crippen LogP contribution in [0.1, 0.15) is 22.7 Å². The molecule has 0 radical (unpaired) electrons. The van der Waals surface area contributed by atoms with Crippen LogP contribution in [0.15, 0.2) is 103 Å². The van der Waals surface area contributed by atoms with Gasteiger partial charge in [-0.15, -0.1) is 6.58 Å². The molecule has 0 bridgehead atoms.